The lowest BCUT2D eigenvalue weighted by atomic mass is 9.99. The van der Waals surface area contributed by atoms with Crippen LogP contribution < -0.4 is 4.72 Å². The molecule has 1 heterocycles. The Morgan fingerprint density at radius 2 is 1.89 bits per heavy atom. The highest BCUT2D eigenvalue weighted by Crippen LogP contribution is 2.19. The minimum Gasteiger partial charge on any atom is -0.481 e. The van der Waals surface area contributed by atoms with Crippen molar-refractivity contribution in [2.75, 3.05) is 19.6 Å². The van der Waals surface area contributed by atoms with Crippen LogP contribution in [0.3, 0.4) is 0 Å². The van der Waals surface area contributed by atoms with Crippen LogP contribution in [0.4, 0.5) is 0 Å². The molecule has 2 N–H and O–H groups in total. The van der Waals surface area contributed by atoms with Crippen LogP contribution in [0.15, 0.2) is 0 Å². The van der Waals surface area contributed by atoms with E-state index in [2.05, 4.69) is 11.6 Å². The van der Waals surface area contributed by atoms with Crippen LogP contribution in [0.1, 0.15) is 45.4 Å². The van der Waals surface area contributed by atoms with Gasteiger partial charge in [-0.2, -0.15) is 12.7 Å². The maximum atomic E-state index is 12.0. The molecule has 1 fully saturated rings. The summed E-state index contributed by atoms with van der Waals surface area (Å²) in [5, 5.41) is 8.87. The van der Waals surface area contributed by atoms with Gasteiger partial charge in [-0.1, -0.05) is 26.2 Å². The van der Waals surface area contributed by atoms with Gasteiger partial charge in [-0.05, 0) is 19.3 Å². The molecule has 0 aliphatic carbocycles. The highest BCUT2D eigenvalue weighted by molar-refractivity contribution is 7.87. The van der Waals surface area contributed by atoms with Gasteiger partial charge in [0.05, 0.1) is 5.92 Å². The number of hydrogen-bond donors (Lipinski definition) is 2. The number of nitrogens with zero attached hydrogens (tertiary/aromatic N) is 1. The van der Waals surface area contributed by atoms with E-state index < -0.39 is 22.1 Å². The third kappa shape index (κ3) is 5.46. The lowest BCUT2D eigenvalue weighted by Crippen LogP contribution is -2.46. The number of carboxylic acids is 1. The lowest BCUT2D eigenvalue weighted by Gasteiger charge is -2.29. The molecule has 0 amide bonds. The maximum Gasteiger partial charge on any atom is 0.306 e. The van der Waals surface area contributed by atoms with Crippen LogP contribution in [0.25, 0.3) is 0 Å². The van der Waals surface area contributed by atoms with Gasteiger partial charge in [-0.25, -0.2) is 4.72 Å². The molecule has 0 saturated carbocycles. The molecular weight excluding hydrogens is 268 g/mol. The number of carbonyl (C=O) groups is 1. The molecule has 19 heavy (non-hydrogen) atoms. The fraction of sp³-hybridized carbons (Fsp3) is 0.917. The van der Waals surface area contributed by atoms with Gasteiger partial charge in [0.2, 0.25) is 0 Å². The predicted molar refractivity (Wildman–Crippen MR) is 73.0 cm³/mol. The first-order valence-electron chi connectivity index (χ1n) is 6.95. The summed E-state index contributed by atoms with van der Waals surface area (Å²) >= 11 is 0. The molecule has 7 heteroatoms. The van der Waals surface area contributed by atoms with Crippen molar-refractivity contribution in [2.24, 2.45) is 5.92 Å². The number of piperidine rings is 1. The van der Waals surface area contributed by atoms with Crippen molar-refractivity contribution >= 4 is 16.2 Å². The first-order chi connectivity index (χ1) is 8.97. The zero-order valence-corrected chi connectivity index (χ0v) is 12.3. The predicted octanol–water partition coefficient (Wildman–Crippen LogP) is 1.20. The molecule has 0 spiro atoms. The summed E-state index contributed by atoms with van der Waals surface area (Å²) in [5.41, 5.74) is 0. The molecule has 0 radical (unpaired) electrons. The van der Waals surface area contributed by atoms with E-state index in [1.54, 1.807) is 0 Å². The zero-order valence-electron chi connectivity index (χ0n) is 11.5. The number of rotatable bonds is 8. The monoisotopic (exact) mass is 292 g/mol. The SMILES string of the molecule is CCCCCCNS(=O)(=O)N1CCC(C(=O)O)CC1. The molecule has 6 nitrogen and oxygen atoms in total. The molecule has 1 rings (SSSR count). The number of carboxylic acid groups (broad SMARTS) is 1. The van der Waals surface area contributed by atoms with Crippen molar-refractivity contribution in [3.05, 3.63) is 0 Å². The molecule has 1 saturated heterocycles. The number of unbranched alkanes of at least 4 members (excludes halogenated alkanes) is 3. The number of aliphatic carboxylic acids is 1. The Morgan fingerprint density at radius 1 is 1.26 bits per heavy atom. The highest BCUT2D eigenvalue weighted by atomic mass is 32.2. The third-order valence-corrected chi connectivity index (χ3v) is 5.07. The Kier molecular flexibility index (Phi) is 6.74. The highest BCUT2D eigenvalue weighted by Gasteiger charge is 2.30. The summed E-state index contributed by atoms with van der Waals surface area (Å²) in [4.78, 5) is 10.8. The number of hydrogen-bond acceptors (Lipinski definition) is 3. The molecule has 1 aliphatic heterocycles. The van der Waals surface area contributed by atoms with Gasteiger partial charge >= 0.3 is 5.97 Å². The van der Waals surface area contributed by atoms with Crippen LogP contribution in [-0.4, -0.2) is 43.4 Å². The summed E-state index contributed by atoms with van der Waals surface area (Å²) < 4.78 is 27.9. The summed E-state index contributed by atoms with van der Waals surface area (Å²) in [6.07, 6.45) is 4.90. The molecule has 0 aromatic carbocycles. The van der Waals surface area contributed by atoms with Crippen LogP contribution in [0.2, 0.25) is 0 Å². The second kappa shape index (κ2) is 7.81. The van der Waals surface area contributed by atoms with E-state index in [1.165, 1.54) is 4.31 Å². The lowest BCUT2D eigenvalue weighted by molar-refractivity contribution is -0.142. The molecule has 0 bridgehead atoms. The van der Waals surface area contributed by atoms with Gasteiger partial charge in [-0.3, -0.25) is 4.79 Å². The first kappa shape index (κ1) is 16.4. The second-order valence-electron chi connectivity index (χ2n) is 4.97. The Bertz CT molecular complexity index is 375. The minimum absolute atomic E-state index is 0.293. The van der Waals surface area contributed by atoms with Gasteiger partial charge in [0.1, 0.15) is 0 Å². The molecule has 1 aliphatic rings. The maximum absolute atomic E-state index is 12.0. The van der Waals surface area contributed by atoms with E-state index in [0.717, 1.165) is 25.7 Å². The Morgan fingerprint density at radius 3 is 2.42 bits per heavy atom. The van der Waals surface area contributed by atoms with Crippen LogP contribution in [0, 0.1) is 5.92 Å². The molecule has 0 aromatic rings. The Balaban J connectivity index is 2.32. The fourth-order valence-electron chi connectivity index (χ4n) is 2.19. The molecular formula is C12H24N2O4S. The second-order valence-corrected chi connectivity index (χ2v) is 6.73. The standard InChI is InChI=1S/C12H24N2O4S/c1-2-3-4-5-8-13-19(17,18)14-9-6-11(7-10-14)12(15)16/h11,13H,2-10H2,1H3,(H,15,16). The van der Waals surface area contributed by atoms with Crippen molar-refractivity contribution in [1.82, 2.24) is 9.03 Å². The van der Waals surface area contributed by atoms with Crippen LogP contribution >= 0.6 is 0 Å². The first-order valence-corrected chi connectivity index (χ1v) is 8.39. The molecule has 0 unspecified atom stereocenters. The average molecular weight is 292 g/mol. The normalized spacial score (nSPS) is 18.6. The smallest absolute Gasteiger partial charge is 0.306 e. The summed E-state index contributed by atoms with van der Waals surface area (Å²) in [5.74, 6) is -1.24. The average Bonchev–Trinajstić information content (AvgIpc) is 2.38. The minimum atomic E-state index is -3.43. The summed E-state index contributed by atoms with van der Waals surface area (Å²) in [7, 11) is -3.43. The van der Waals surface area contributed by atoms with E-state index >= 15 is 0 Å². The van der Waals surface area contributed by atoms with Gasteiger partial charge in [0.25, 0.3) is 10.2 Å². The Labute approximate surface area is 115 Å². The van der Waals surface area contributed by atoms with Gasteiger partial charge in [0, 0.05) is 19.6 Å². The molecule has 112 valence electrons. The van der Waals surface area contributed by atoms with Crippen LogP contribution in [-0.2, 0) is 15.0 Å². The van der Waals surface area contributed by atoms with Crippen molar-refractivity contribution in [1.29, 1.82) is 0 Å². The van der Waals surface area contributed by atoms with E-state index in [4.69, 9.17) is 5.11 Å². The van der Waals surface area contributed by atoms with Crippen molar-refractivity contribution in [3.8, 4) is 0 Å². The molecule has 0 atom stereocenters. The van der Waals surface area contributed by atoms with Crippen molar-refractivity contribution in [3.63, 3.8) is 0 Å². The van der Waals surface area contributed by atoms with Gasteiger partial charge in [-0.15, -0.1) is 0 Å². The van der Waals surface area contributed by atoms with E-state index in [9.17, 15) is 13.2 Å². The Hall–Kier alpha value is -0.660. The van der Waals surface area contributed by atoms with E-state index in [0.29, 0.717) is 32.5 Å². The van der Waals surface area contributed by atoms with E-state index in [-0.39, 0.29) is 0 Å². The fourth-order valence-corrected chi connectivity index (χ4v) is 3.46. The molecule has 0 aromatic heterocycles. The zero-order chi connectivity index (χ0) is 14.3. The third-order valence-electron chi connectivity index (χ3n) is 3.46. The quantitative estimate of drug-likeness (QED) is 0.658. The topological polar surface area (TPSA) is 86.7 Å². The van der Waals surface area contributed by atoms with Crippen molar-refractivity contribution in [2.45, 2.75) is 45.4 Å². The van der Waals surface area contributed by atoms with Crippen molar-refractivity contribution < 1.29 is 18.3 Å². The van der Waals surface area contributed by atoms with Crippen LogP contribution in [0.5, 0.6) is 0 Å². The summed E-state index contributed by atoms with van der Waals surface area (Å²) in [6.45, 7) is 3.15. The van der Waals surface area contributed by atoms with E-state index in [1.807, 2.05) is 0 Å². The number of nitrogens with one attached hydrogen (secondary N) is 1. The largest absolute Gasteiger partial charge is 0.481 e. The van der Waals surface area contributed by atoms with Gasteiger partial charge < -0.3 is 5.11 Å². The van der Waals surface area contributed by atoms with Gasteiger partial charge in [0.15, 0.2) is 0 Å². The summed E-state index contributed by atoms with van der Waals surface area (Å²) in [6, 6.07) is 0.